The van der Waals surface area contributed by atoms with E-state index in [0.717, 1.165) is 31.3 Å². The predicted octanol–water partition coefficient (Wildman–Crippen LogP) is 2.05. The van der Waals surface area contributed by atoms with Crippen molar-refractivity contribution in [1.82, 2.24) is 14.5 Å². The first-order valence-corrected chi connectivity index (χ1v) is 7.99. The van der Waals surface area contributed by atoms with Crippen LogP contribution in [0, 0.1) is 0 Å². The second-order valence-corrected chi connectivity index (χ2v) is 5.48. The molecular formula is C17H23ClN4O2. The highest BCUT2D eigenvalue weighted by Gasteiger charge is 2.23. The number of aryl methyl sites for hydroxylation is 1. The van der Waals surface area contributed by atoms with Crippen LogP contribution in [-0.2, 0) is 11.3 Å². The highest BCUT2D eigenvalue weighted by Crippen LogP contribution is 2.15. The summed E-state index contributed by atoms with van der Waals surface area (Å²) in [5.74, 6) is 1.75. The monoisotopic (exact) mass is 350 g/mol. The summed E-state index contributed by atoms with van der Waals surface area (Å²) < 4.78 is 7.66. The topological polar surface area (TPSA) is 50.6 Å². The van der Waals surface area contributed by atoms with Gasteiger partial charge in [0.05, 0.1) is 0 Å². The molecule has 0 aliphatic carbocycles. The third-order valence-electron chi connectivity index (χ3n) is 4.05. The van der Waals surface area contributed by atoms with Gasteiger partial charge < -0.3 is 19.1 Å². The largest absolute Gasteiger partial charge is 0.484 e. The molecule has 130 valence electrons. The number of rotatable bonds is 5. The maximum absolute atomic E-state index is 12.2. The van der Waals surface area contributed by atoms with Gasteiger partial charge in [0.25, 0.3) is 5.91 Å². The zero-order valence-corrected chi connectivity index (χ0v) is 14.6. The van der Waals surface area contributed by atoms with E-state index in [-0.39, 0.29) is 24.9 Å². The van der Waals surface area contributed by atoms with E-state index < -0.39 is 0 Å². The average Bonchev–Trinajstić information content (AvgIpc) is 3.09. The maximum atomic E-state index is 12.2. The third kappa shape index (κ3) is 4.20. The van der Waals surface area contributed by atoms with Gasteiger partial charge in [-0.1, -0.05) is 18.2 Å². The van der Waals surface area contributed by atoms with Crippen LogP contribution < -0.4 is 9.64 Å². The van der Waals surface area contributed by atoms with E-state index in [0.29, 0.717) is 13.1 Å². The lowest BCUT2D eigenvalue weighted by Gasteiger charge is -2.35. The number of para-hydroxylation sites is 1. The molecule has 1 aliphatic rings. The molecule has 0 radical (unpaired) electrons. The van der Waals surface area contributed by atoms with Crippen LogP contribution in [0.25, 0.3) is 0 Å². The van der Waals surface area contributed by atoms with Crippen LogP contribution in [-0.4, -0.2) is 53.1 Å². The fraction of sp³-hybridized carbons (Fsp3) is 0.412. The van der Waals surface area contributed by atoms with Crippen molar-refractivity contribution in [1.29, 1.82) is 0 Å². The molecule has 1 fully saturated rings. The first-order valence-electron chi connectivity index (χ1n) is 7.99. The van der Waals surface area contributed by atoms with Crippen molar-refractivity contribution in [2.24, 2.45) is 0 Å². The minimum atomic E-state index is 0. The zero-order valence-electron chi connectivity index (χ0n) is 13.8. The average molecular weight is 351 g/mol. The Labute approximate surface area is 148 Å². The first-order chi connectivity index (χ1) is 11.3. The van der Waals surface area contributed by atoms with Crippen molar-refractivity contribution >= 4 is 24.3 Å². The zero-order chi connectivity index (χ0) is 16.1. The van der Waals surface area contributed by atoms with Crippen LogP contribution in [0.5, 0.6) is 5.75 Å². The Balaban J connectivity index is 0.00000208. The first kappa shape index (κ1) is 18.1. The van der Waals surface area contributed by atoms with E-state index in [1.54, 1.807) is 0 Å². The smallest absolute Gasteiger partial charge is 0.260 e. The summed E-state index contributed by atoms with van der Waals surface area (Å²) in [6.07, 6.45) is 3.81. The fourth-order valence-electron chi connectivity index (χ4n) is 2.74. The molecule has 3 rings (SSSR count). The lowest BCUT2D eigenvalue weighted by Crippen LogP contribution is -2.50. The number of nitrogens with zero attached hydrogens (tertiary/aromatic N) is 4. The number of anilines is 1. The molecular weight excluding hydrogens is 328 g/mol. The summed E-state index contributed by atoms with van der Waals surface area (Å²) >= 11 is 0. The normalized spacial score (nSPS) is 14.2. The van der Waals surface area contributed by atoms with Crippen molar-refractivity contribution in [2.45, 2.75) is 13.5 Å². The molecule has 0 spiro atoms. The van der Waals surface area contributed by atoms with Gasteiger partial charge >= 0.3 is 0 Å². The molecule has 6 nitrogen and oxygen atoms in total. The highest BCUT2D eigenvalue weighted by atomic mass is 35.5. The Morgan fingerprint density at radius 1 is 1.17 bits per heavy atom. The van der Waals surface area contributed by atoms with Gasteiger partial charge in [-0.05, 0) is 19.1 Å². The van der Waals surface area contributed by atoms with E-state index in [1.165, 1.54) is 0 Å². The maximum Gasteiger partial charge on any atom is 0.260 e. The number of hydrogen-bond donors (Lipinski definition) is 0. The number of aromatic nitrogens is 2. The second-order valence-electron chi connectivity index (χ2n) is 5.48. The molecule has 1 aromatic carbocycles. The number of amides is 1. The van der Waals surface area contributed by atoms with Crippen molar-refractivity contribution in [3.63, 3.8) is 0 Å². The van der Waals surface area contributed by atoms with E-state index >= 15 is 0 Å². The van der Waals surface area contributed by atoms with Gasteiger partial charge in [-0.2, -0.15) is 0 Å². The summed E-state index contributed by atoms with van der Waals surface area (Å²) in [6, 6.07) is 9.43. The molecule has 2 aromatic rings. The summed E-state index contributed by atoms with van der Waals surface area (Å²) in [5.41, 5.74) is 0. The number of halogens is 1. The molecule has 0 saturated carbocycles. The number of benzene rings is 1. The lowest BCUT2D eigenvalue weighted by molar-refractivity contribution is -0.133. The van der Waals surface area contributed by atoms with Gasteiger partial charge in [0.1, 0.15) is 5.75 Å². The lowest BCUT2D eigenvalue weighted by atomic mass is 10.3. The van der Waals surface area contributed by atoms with Crippen molar-refractivity contribution in [2.75, 3.05) is 37.7 Å². The minimum Gasteiger partial charge on any atom is -0.484 e. The molecule has 2 heterocycles. The summed E-state index contributed by atoms with van der Waals surface area (Å²) in [5, 5.41) is 0. The van der Waals surface area contributed by atoms with E-state index in [9.17, 15) is 4.79 Å². The minimum absolute atomic E-state index is 0. The Morgan fingerprint density at radius 2 is 1.88 bits per heavy atom. The van der Waals surface area contributed by atoms with E-state index in [2.05, 4.69) is 21.4 Å². The summed E-state index contributed by atoms with van der Waals surface area (Å²) in [6.45, 7) is 6.10. The summed E-state index contributed by atoms with van der Waals surface area (Å²) in [7, 11) is 0. The molecule has 24 heavy (non-hydrogen) atoms. The van der Waals surface area contributed by atoms with E-state index in [4.69, 9.17) is 4.74 Å². The highest BCUT2D eigenvalue weighted by molar-refractivity contribution is 5.85. The molecule has 0 unspecified atom stereocenters. The number of hydrogen-bond acceptors (Lipinski definition) is 4. The molecule has 1 aliphatic heterocycles. The Bertz CT molecular complexity index is 639. The van der Waals surface area contributed by atoms with E-state index in [1.807, 2.05) is 47.6 Å². The molecule has 0 bridgehead atoms. The second kappa shape index (κ2) is 8.59. The molecule has 7 heteroatoms. The standard InChI is InChI=1S/C17H22N4O2.ClH/c1-2-19-9-8-18-17(19)21-12-10-20(11-13-21)16(22)14-23-15-6-4-3-5-7-15;/h3-9H,2,10-14H2,1H3;1H. The number of carbonyl (C=O) groups excluding carboxylic acids is 1. The van der Waals surface area contributed by atoms with Crippen molar-refractivity contribution < 1.29 is 9.53 Å². The van der Waals surface area contributed by atoms with Gasteiger partial charge in [0, 0.05) is 45.1 Å². The Morgan fingerprint density at radius 3 is 2.54 bits per heavy atom. The van der Waals surface area contributed by atoms with Crippen LogP contribution in [0.1, 0.15) is 6.92 Å². The predicted molar refractivity (Wildman–Crippen MR) is 95.9 cm³/mol. The SMILES string of the molecule is CCn1ccnc1N1CCN(C(=O)COc2ccccc2)CC1.Cl. The van der Waals surface area contributed by atoms with Gasteiger partial charge in [-0.15, -0.1) is 12.4 Å². The van der Waals surface area contributed by atoms with Gasteiger partial charge in [-0.3, -0.25) is 4.79 Å². The van der Waals surface area contributed by atoms with Crippen LogP contribution in [0.15, 0.2) is 42.7 Å². The summed E-state index contributed by atoms with van der Waals surface area (Å²) in [4.78, 5) is 20.8. The van der Waals surface area contributed by atoms with Gasteiger partial charge in [0.2, 0.25) is 5.95 Å². The number of carbonyl (C=O) groups is 1. The van der Waals surface area contributed by atoms with Crippen molar-refractivity contribution in [3.05, 3.63) is 42.7 Å². The molecule has 0 N–H and O–H groups in total. The number of piperazine rings is 1. The molecule has 0 atom stereocenters. The fourth-order valence-corrected chi connectivity index (χ4v) is 2.74. The Kier molecular flexibility index (Phi) is 6.49. The van der Waals surface area contributed by atoms with Crippen LogP contribution in [0.3, 0.4) is 0 Å². The van der Waals surface area contributed by atoms with Crippen LogP contribution in [0.2, 0.25) is 0 Å². The quantitative estimate of drug-likeness (QED) is 0.828. The molecule has 1 saturated heterocycles. The molecule has 1 aromatic heterocycles. The Hall–Kier alpha value is -2.21. The van der Waals surface area contributed by atoms with Gasteiger partial charge in [-0.25, -0.2) is 4.98 Å². The number of imidazole rings is 1. The van der Waals surface area contributed by atoms with Crippen LogP contribution >= 0.6 is 12.4 Å². The number of ether oxygens (including phenoxy) is 1. The third-order valence-corrected chi connectivity index (χ3v) is 4.05. The van der Waals surface area contributed by atoms with Crippen LogP contribution in [0.4, 0.5) is 5.95 Å². The molecule has 1 amide bonds. The van der Waals surface area contributed by atoms with Crippen molar-refractivity contribution in [3.8, 4) is 5.75 Å². The van der Waals surface area contributed by atoms with Gasteiger partial charge in [0.15, 0.2) is 6.61 Å².